The lowest BCUT2D eigenvalue weighted by Crippen LogP contribution is -2.60. The van der Waals surface area contributed by atoms with Crippen LogP contribution in [0.15, 0.2) is 30.3 Å². The third-order valence-corrected chi connectivity index (χ3v) is 3.01. The Balaban J connectivity index is 2.04. The van der Waals surface area contributed by atoms with E-state index in [2.05, 4.69) is 4.84 Å². The van der Waals surface area contributed by atoms with Crippen molar-refractivity contribution in [1.29, 1.82) is 0 Å². The largest absolute Gasteiger partial charge is 0.462 e. The van der Waals surface area contributed by atoms with Gasteiger partial charge >= 0.3 is 0 Å². The van der Waals surface area contributed by atoms with Crippen LogP contribution in [-0.4, -0.2) is 57.7 Å². The van der Waals surface area contributed by atoms with Gasteiger partial charge in [-0.3, -0.25) is 0 Å². The molecular weight excluding hydrogens is 286 g/mol. The highest BCUT2D eigenvalue weighted by Gasteiger charge is 2.45. The fourth-order valence-corrected chi connectivity index (χ4v) is 1.92. The Morgan fingerprint density at radius 3 is 2.43 bits per heavy atom. The summed E-state index contributed by atoms with van der Waals surface area (Å²) in [7, 11) is 0. The van der Waals surface area contributed by atoms with Gasteiger partial charge in [0.2, 0.25) is 6.29 Å². The minimum Gasteiger partial charge on any atom is -0.462 e. The molecule has 9 heteroatoms. The molecule has 0 aromatic heterocycles. The molecule has 21 heavy (non-hydrogen) atoms. The maximum Gasteiger partial charge on any atom is 0.294 e. The highest BCUT2D eigenvalue weighted by Crippen LogP contribution is 2.24. The van der Waals surface area contributed by atoms with Crippen molar-refractivity contribution in [3.05, 3.63) is 40.4 Å². The second-order valence-electron chi connectivity index (χ2n) is 4.46. The predicted molar refractivity (Wildman–Crippen MR) is 66.7 cm³/mol. The van der Waals surface area contributed by atoms with Gasteiger partial charge in [0.15, 0.2) is 0 Å². The fourth-order valence-electron chi connectivity index (χ4n) is 1.92. The van der Waals surface area contributed by atoms with Gasteiger partial charge in [0, 0.05) is 0 Å². The lowest BCUT2D eigenvalue weighted by Gasteiger charge is -2.39. The third-order valence-electron chi connectivity index (χ3n) is 3.01. The first-order valence-electron chi connectivity index (χ1n) is 6.17. The van der Waals surface area contributed by atoms with Crippen molar-refractivity contribution < 1.29 is 34.7 Å². The van der Waals surface area contributed by atoms with Crippen LogP contribution >= 0.6 is 0 Å². The zero-order valence-electron chi connectivity index (χ0n) is 10.8. The average Bonchev–Trinajstić information content (AvgIpc) is 2.47. The van der Waals surface area contributed by atoms with E-state index in [1.54, 1.807) is 30.3 Å². The summed E-state index contributed by atoms with van der Waals surface area (Å²) in [5.74, 6) is 0.374. The van der Waals surface area contributed by atoms with Gasteiger partial charge < -0.3 is 29.6 Å². The summed E-state index contributed by atoms with van der Waals surface area (Å²) in [5, 5.41) is 38.4. The van der Waals surface area contributed by atoms with Gasteiger partial charge in [-0.15, -0.1) is 10.1 Å². The van der Waals surface area contributed by atoms with Gasteiger partial charge in [-0.1, -0.05) is 18.2 Å². The van der Waals surface area contributed by atoms with Gasteiger partial charge in [0.1, 0.15) is 36.8 Å². The molecule has 9 nitrogen and oxygen atoms in total. The van der Waals surface area contributed by atoms with E-state index in [4.69, 9.17) is 9.47 Å². The average molecular weight is 301 g/mol. The lowest BCUT2D eigenvalue weighted by atomic mass is 9.99. The quantitative estimate of drug-likeness (QED) is 0.470. The SMILES string of the molecule is O=[N+]([O-])OC[C@H]1O[C@@H](Oc2ccccc2)[C@H](O)[C@@H](O)[C@H]1O. The molecule has 0 unspecified atom stereocenters. The van der Waals surface area contributed by atoms with E-state index in [1.807, 2.05) is 0 Å². The highest BCUT2D eigenvalue weighted by atomic mass is 17.0. The number of para-hydroxylation sites is 1. The van der Waals surface area contributed by atoms with Gasteiger partial charge in [0.25, 0.3) is 5.09 Å². The van der Waals surface area contributed by atoms with Crippen LogP contribution in [0, 0.1) is 10.1 Å². The Hall–Kier alpha value is -1.94. The van der Waals surface area contributed by atoms with E-state index in [-0.39, 0.29) is 0 Å². The molecule has 3 N–H and O–H groups in total. The predicted octanol–water partition coefficient (Wildman–Crippen LogP) is -0.919. The Bertz CT molecular complexity index is 470. The smallest absolute Gasteiger partial charge is 0.294 e. The number of ether oxygens (including phenoxy) is 2. The van der Waals surface area contributed by atoms with Gasteiger partial charge in [-0.05, 0) is 12.1 Å². The van der Waals surface area contributed by atoms with Crippen molar-refractivity contribution in [1.82, 2.24) is 0 Å². The van der Waals surface area contributed by atoms with Gasteiger partial charge in [-0.25, -0.2) is 0 Å². The lowest BCUT2D eigenvalue weighted by molar-refractivity contribution is -0.760. The monoisotopic (exact) mass is 301 g/mol. The first kappa shape index (κ1) is 15.4. The number of hydrogen-bond donors (Lipinski definition) is 3. The minimum absolute atomic E-state index is 0.374. The molecular formula is C12H15NO8. The van der Waals surface area contributed by atoms with Crippen LogP contribution in [0.3, 0.4) is 0 Å². The van der Waals surface area contributed by atoms with Crippen molar-refractivity contribution in [3.8, 4) is 5.75 Å². The summed E-state index contributed by atoms with van der Waals surface area (Å²) in [5.41, 5.74) is 0. The highest BCUT2D eigenvalue weighted by molar-refractivity contribution is 5.21. The van der Waals surface area contributed by atoms with Gasteiger partial charge in [0.05, 0.1) is 0 Å². The molecule has 1 saturated heterocycles. The Kier molecular flexibility index (Phi) is 4.91. The summed E-state index contributed by atoms with van der Waals surface area (Å²) in [6.07, 6.45) is -7.11. The molecule has 1 aromatic carbocycles. The molecule has 0 spiro atoms. The summed E-state index contributed by atoms with van der Waals surface area (Å²) < 4.78 is 10.6. The first-order valence-corrected chi connectivity index (χ1v) is 6.17. The topological polar surface area (TPSA) is 132 Å². The summed E-state index contributed by atoms with van der Waals surface area (Å²) >= 11 is 0. The Morgan fingerprint density at radius 2 is 1.81 bits per heavy atom. The number of aliphatic hydroxyl groups excluding tert-OH is 3. The maximum absolute atomic E-state index is 10.2. The molecule has 1 aliphatic heterocycles. The van der Waals surface area contributed by atoms with Crippen LogP contribution in [0.2, 0.25) is 0 Å². The van der Waals surface area contributed by atoms with Crippen molar-refractivity contribution in [2.45, 2.75) is 30.7 Å². The zero-order valence-corrected chi connectivity index (χ0v) is 10.8. The van der Waals surface area contributed by atoms with Crippen LogP contribution < -0.4 is 4.74 Å². The third kappa shape index (κ3) is 3.79. The number of aliphatic hydroxyl groups is 3. The van der Waals surface area contributed by atoms with Crippen LogP contribution in [0.5, 0.6) is 5.75 Å². The van der Waals surface area contributed by atoms with E-state index in [0.29, 0.717) is 5.75 Å². The number of nitrogens with zero attached hydrogens (tertiary/aromatic N) is 1. The molecule has 0 aliphatic carbocycles. The molecule has 0 saturated carbocycles. The van der Waals surface area contributed by atoms with Crippen molar-refractivity contribution in [3.63, 3.8) is 0 Å². The molecule has 0 radical (unpaired) electrons. The van der Waals surface area contributed by atoms with Crippen LogP contribution in [0.1, 0.15) is 0 Å². The number of hydrogen-bond acceptors (Lipinski definition) is 8. The fraction of sp³-hybridized carbons (Fsp3) is 0.500. The molecule has 0 bridgehead atoms. The number of benzene rings is 1. The van der Waals surface area contributed by atoms with E-state index in [9.17, 15) is 25.4 Å². The summed E-state index contributed by atoms with van der Waals surface area (Å²) in [6.45, 7) is -0.591. The molecule has 2 rings (SSSR count). The molecule has 1 fully saturated rings. The summed E-state index contributed by atoms with van der Waals surface area (Å²) in [6, 6.07) is 8.37. The second kappa shape index (κ2) is 6.68. The molecule has 1 aliphatic rings. The van der Waals surface area contributed by atoms with E-state index >= 15 is 0 Å². The minimum atomic E-state index is -1.58. The van der Waals surface area contributed by atoms with Gasteiger partial charge in [-0.2, -0.15) is 0 Å². The van der Waals surface area contributed by atoms with E-state index in [1.165, 1.54) is 0 Å². The Morgan fingerprint density at radius 1 is 1.14 bits per heavy atom. The maximum atomic E-state index is 10.2. The molecule has 1 heterocycles. The molecule has 1 aromatic rings. The summed E-state index contributed by atoms with van der Waals surface area (Å²) in [4.78, 5) is 14.3. The molecule has 5 atom stereocenters. The standard InChI is InChI=1S/C12H15NO8/c14-9-8(6-19-13(17)18)21-12(11(16)10(9)15)20-7-4-2-1-3-5-7/h1-5,8-12,14-16H,6H2/t8-,9+,10+,11-,12-/m1/s1. The normalized spacial score (nSPS) is 32.4. The molecule has 0 amide bonds. The van der Waals surface area contributed by atoms with Crippen LogP contribution in [-0.2, 0) is 9.57 Å². The van der Waals surface area contributed by atoms with E-state index < -0.39 is 42.4 Å². The van der Waals surface area contributed by atoms with Crippen LogP contribution in [0.25, 0.3) is 0 Å². The van der Waals surface area contributed by atoms with Crippen molar-refractivity contribution in [2.24, 2.45) is 0 Å². The first-order chi connectivity index (χ1) is 9.99. The van der Waals surface area contributed by atoms with Crippen LogP contribution in [0.4, 0.5) is 0 Å². The molecule has 116 valence electrons. The van der Waals surface area contributed by atoms with E-state index in [0.717, 1.165) is 0 Å². The van der Waals surface area contributed by atoms with Crippen molar-refractivity contribution >= 4 is 0 Å². The van der Waals surface area contributed by atoms with Crippen molar-refractivity contribution in [2.75, 3.05) is 6.61 Å². The number of rotatable bonds is 5. The Labute approximate surface area is 119 Å². The zero-order chi connectivity index (χ0) is 15.4. The second-order valence-corrected chi connectivity index (χ2v) is 4.46.